The lowest BCUT2D eigenvalue weighted by molar-refractivity contribution is -0.178. The van der Waals surface area contributed by atoms with Gasteiger partial charge in [-0.1, -0.05) is 19.9 Å². The van der Waals surface area contributed by atoms with Crippen molar-refractivity contribution in [2.24, 2.45) is 0 Å². The van der Waals surface area contributed by atoms with Crippen molar-refractivity contribution in [3.05, 3.63) is 58.9 Å². The van der Waals surface area contributed by atoms with Gasteiger partial charge in [-0.2, -0.15) is 0 Å². The van der Waals surface area contributed by atoms with Crippen LogP contribution in [0.2, 0.25) is 0 Å². The highest BCUT2D eigenvalue weighted by atomic mass is 19.2. The van der Waals surface area contributed by atoms with Gasteiger partial charge in [-0.3, -0.25) is 9.63 Å². The van der Waals surface area contributed by atoms with Crippen molar-refractivity contribution >= 4 is 17.3 Å². The normalized spacial score (nSPS) is 10.9. The number of amides is 1. The molecule has 2 rings (SSSR count). The molecule has 172 valence electrons. The van der Waals surface area contributed by atoms with E-state index in [1.807, 2.05) is 13.8 Å². The molecule has 0 aliphatic heterocycles. The molecule has 3 N–H and O–H groups in total. The summed E-state index contributed by atoms with van der Waals surface area (Å²) in [6.07, 6.45) is 0.363. The second kappa shape index (κ2) is 12.3. The molecule has 6 nitrogen and oxygen atoms in total. The van der Waals surface area contributed by atoms with E-state index in [2.05, 4.69) is 10.8 Å². The minimum atomic E-state index is -1.32. The number of aryl methyl sites for hydroxylation is 1. The SMILES string of the molecule is CC.Cc1ccc(Nc2c(C(=O)NOCCCOC(C)(C)O)ccc(F)c2F)c(F)c1. The van der Waals surface area contributed by atoms with Crippen molar-refractivity contribution < 1.29 is 32.6 Å². The second-order valence-electron chi connectivity index (χ2n) is 6.82. The maximum absolute atomic E-state index is 14.3. The van der Waals surface area contributed by atoms with Crippen LogP contribution in [-0.2, 0) is 9.57 Å². The topological polar surface area (TPSA) is 79.8 Å². The van der Waals surface area contributed by atoms with Crippen LogP contribution in [0.1, 0.15) is 50.0 Å². The van der Waals surface area contributed by atoms with E-state index < -0.39 is 34.8 Å². The molecule has 31 heavy (non-hydrogen) atoms. The Morgan fingerprint density at radius 2 is 1.74 bits per heavy atom. The van der Waals surface area contributed by atoms with E-state index in [1.54, 1.807) is 13.0 Å². The van der Waals surface area contributed by atoms with Crippen molar-refractivity contribution in [3.8, 4) is 0 Å². The van der Waals surface area contributed by atoms with Crippen LogP contribution >= 0.6 is 0 Å². The molecule has 0 atom stereocenters. The summed E-state index contributed by atoms with van der Waals surface area (Å²) in [5, 5.41) is 11.8. The van der Waals surface area contributed by atoms with Crippen LogP contribution in [-0.4, -0.2) is 30.0 Å². The Hall–Kier alpha value is -2.62. The summed E-state index contributed by atoms with van der Waals surface area (Å²) < 4.78 is 47.1. The van der Waals surface area contributed by atoms with Gasteiger partial charge >= 0.3 is 0 Å². The van der Waals surface area contributed by atoms with Gasteiger partial charge in [0.2, 0.25) is 0 Å². The van der Waals surface area contributed by atoms with Crippen molar-refractivity contribution in [3.63, 3.8) is 0 Å². The number of carbonyl (C=O) groups is 1. The number of benzene rings is 2. The Morgan fingerprint density at radius 3 is 2.35 bits per heavy atom. The predicted molar refractivity (Wildman–Crippen MR) is 112 cm³/mol. The maximum Gasteiger partial charge on any atom is 0.277 e. The monoisotopic (exact) mass is 442 g/mol. The number of nitrogens with one attached hydrogen (secondary N) is 2. The Morgan fingerprint density at radius 1 is 1.06 bits per heavy atom. The summed E-state index contributed by atoms with van der Waals surface area (Å²) in [5.74, 6) is -5.32. The summed E-state index contributed by atoms with van der Waals surface area (Å²) in [5.41, 5.74) is 1.87. The molecule has 0 saturated heterocycles. The zero-order valence-corrected chi connectivity index (χ0v) is 18.3. The van der Waals surface area contributed by atoms with Crippen LogP contribution in [0, 0.1) is 24.4 Å². The van der Waals surface area contributed by atoms with Crippen LogP contribution < -0.4 is 10.8 Å². The number of hydroxylamine groups is 1. The summed E-state index contributed by atoms with van der Waals surface area (Å²) in [6, 6.07) is 6.01. The largest absolute Gasteiger partial charge is 0.366 e. The fraction of sp³-hybridized carbons (Fsp3) is 0.409. The third-order valence-corrected chi connectivity index (χ3v) is 3.73. The lowest BCUT2D eigenvalue weighted by Gasteiger charge is -2.18. The van der Waals surface area contributed by atoms with E-state index in [0.29, 0.717) is 12.0 Å². The van der Waals surface area contributed by atoms with E-state index in [-0.39, 0.29) is 24.5 Å². The van der Waals surface area contributed by atoms with E-state index in [4.69, 9.17) is 9.57 Å². The maximum atomic E-state index is 14.3. The van der Waals surface area contributed by atoms with Crippen LogP contribution in [0.5, 0.6) is 0 Å². The molecule has 0 unspecified atom stereocenters. The molecule has 2 aromatic rings. The number of anilines is 2. The number of ether oxygens (including phenoxy) is 1. The molecular weight excluding hydrogens is 413 g/mol. The van der Waals surface area contributed by atoms with Gasteiger partial charge in [0, 0.05) is 0 Å². The fourth-order valence-electron chi connectivity index (χ4n) is 2.34. The molecule has 0 aliphatic carbocycles. The highest BCUT2D eigenvalue weighted by Crippen LogP contribution is 2.28. The summed E-state index contributed by atoms with van der Waals surface area (Å²) in [7, 11) is 0. The van der Waals surface area contributed by atoms with Gasteiger partial charge in [-0.25, -0.2) is 18.7 Å². The fourth-order valence-corrected chi connectivity index (χ4v) is 2.34. The summed E-state index contributed by atoms with van der Waals surface area (Å²) in [4.78, 5) is 17.3. The molecular formula is C22H29F3N2O4. The molecule has 1 amide bonds. The van der Waals surface area contributed by atoms with Gasteiger partial charge in [0.05, 0.1) is 30.2 Å². The first-order chi connectivity index (χ1) is 14.6. The van der Waals surface area contributed by atoms with E-state index >= 15 is 0 Å². The minimum Gasteiger partial charge on any atom is -0.366 e. The molecule has 0 heterocycles. The molecule has 2 aromatic carbocycles. The quantitative estimate of drug-likeness (QED) is 0.290. The minimum absolute atomic E-state index is 0.0564. The average Bonchev–Trinajstić information content (AvgIpc) is 2.70. The highest BCUT2D eigenvalue weighted by molar-refractivity contribution is 5.99. The van der Waals surface area contributed by atoms with Gasteiger partial charge in [0.25, 0.3) is 5.91 Å². The molecule has 0 aliphatic rings. The average molecular weight is 442 g/mol. The number of rotatable bonds is 9. The van der Waals surface area contributed by atoms with Crippen LogP contribution in [0.3, 0.4) is 0 Å². The third kappa shape index (κ3) is 8.56. The van der Waals surface area contributed by atoms with Crippen molar-refractivity contribution in [2.45, 2.75) is 46.8 Å². The number of hydrogen-bond donors (Lipinski definition) is 3. The van der Waals surface area contributed by atoms with Crippen molar-refractivity contribution in [2.75, 3.05) is 18.5 Å². The molecule has 9 heteroatoms. The smallest absolute Gasteiger partial charge is 0.277 e. The predicted octanol–water partition coefficient (Wildman–Crippen LogP) is 4.98. The second-order valence-corrected chi connectivity index (χ2v) is 6.82. The van der Waals surface area contributed by atoms with E-state index in [0.717, 1.165) is 12.1 Å². The van der Waals surface area contributed by atoms with Crippen LogP contribution in [0.4, 0.5) is 24.5 Å². The van der Waals surface area contributed by atoms with Crippen molar-refractivity contribution in [1.29, 1.82) is 0 Å². The van der Waals surface area contributed by atoms with Crippen molar-refractivity contribution in [1.82, 2.24) is 5.48 Å². The van der Waals surface area contributed by atoms with Crippen LogP contribution in [0.15, 0.2) is 30.3 Å². The molecule has 0 bridgehead atoms. The Labute approximate surface area is 180 Å². The third-order valence-electron chi connectivity index (χ3n) is 3.73. The van der Waals surface area contributed by atoms with Gasteiger partial charge < -0.3 is 15.2 Å². The molecule has 0 spiro atoms. The molecule has 0 aromatic heterocycles. The van der Waals surface area contributed by atoms with Gasteiger partial charge in [-0.05, 0) is 57.0 Å². The first-order valence-electron chi connectivity index (χ1n) is 9.88. The number of carbonyl (C=O) groups excluding carboxylic acids is 1. The molecule has 0 saturated carbocycles. The zero-order valence-electron chi connectivity index (χ0n) is 18.3. The Bertz CT molecular complexity index is 871. The Balaban J connectivity index is 0.00000233. The van der Waals surface area contributed by atoms with Gasteiger partial charge in [0.15, 0.2) is 17.4 Å². The number of hydrogen-bond acceptors (Lipinski definition) is 5. The lowest BCUT2D eigenvalue weighted by Crippen LogP contribution is -2.27. The van der Waals surface area contributed by atoms with Gasteiger partial charge in [0.1, 0.15) is 5.82 Å². The molecule has 0 fully saturated rings. The van der Waals surface area contributed by atoms with E-state index in [1.165, 1.54) is 26.0 Å². The van der Waals surface area contributed by atoms with Crippen LogP contribution in [0.25, 0.3) is 0 Å². The zero-order chi connectivity index (χ0) is 23.6. The standard InChI is InChI=1S/C20H23F3N2O4.C2H6/c1-12-5-8-16(15(22)11-12)24-18-13(6-7-14(21)17(18)23)19(26)25-29-10-4-9-28-20(2,3)27;1-2/h5-8,11,24,27H,4,9-10H2,1-3H3,(H,25,26);1-2H3. The first-order valence-corrected chi connectivity index (χ1v) is 9.88. The van der Waals surface area contributed by atoms with E-state index in [9.17, 15) is 23.1 Å². The number of halogens is 3. The Kier molecular flexibility index (Phi) is 10.5. The molecule has 0 radical (unpaired) electrons. The summed E-state index contributed by atoms with van der Waals surface area (Å²) in [6.45, 7) is 8.87. The summed E-state index contributed by atoms with van der Waals surface area (Å²) >= 11 is 0. The number of aliphatic hydroxyl groups is 1. The first kappa shape index (κ1) is 26.4. The highest BCUT2D eigenvalue weighted by Gasteiger charge is 2.20. The lowest BCUT2D eigenvalue weighted by atomic mass is 10.1. The van der Waals surface area contributed by atoms with Gasteiger partial charge in [-0.15, -0.1) is 0 Å².